The van der Waals surface area contributed by atoms with Crippen LogP contribution in [0, 0.1) is 11.8 Å². The number of amides is 1. The summed E-state index contributed by atoms with van der Waals surface area (Å²) in [4.78, 5) is 17.2. The van der Waals surface area contributed by atoms with Gasteiger partial charge in [-0.3, -0.25) is 4.79 Å². The molecule has 0 saturated carbocycles. The van der Waals surface area contributed by atoms with Crippen molar-refractivity contribution in [1.82, 2.24) is 9.80 Å². The Morgan fingerprint density at radius 3 is 2.70 bits per heavy atom. The summed E-state index contributed by atoms with van der Waals surface area (Å²) in [6, 6.07) is 1.80. The fourth-order valence-electron chi connectivity index (χ4n) is 1.73. The number of carbonyl (C=O) groups is 1. The number of hydrogen-bond donors (Lipinski definition) is 1. The first-order valence-electron chi connectivity index (χ1n) is 6.70. The maximum absolute atomic E-state index is 12.5. The molecule has 1 aromatic rings. The van der Waals surface area contributed by atoms with Crippen LogP contribution in [0.2, 0.25) is 0 Å². The monoisotopic (exact) mass is 294 g/mol. The molecule has 0 radical (unpaired) electrons. The molecule has 1 rings (SSSR count). The van der Waals surface area contributed by atoms with E-state index >= 15 is 0 Å². The number of aliphatic hydroxyl groups is 1. The lowest BCUT2D eigenvalue weighted by Crippen LogP contribution is -2.37. The van der Waals surface area contributed by atoms with Gasteiger partial charge in [0.25, 0.3) is 5.91 Å². The Hall–Kier alpha value is -1.35. The van der Waals surface area contributed by atoms with Gasteiger partial charge in [-0.2, -0.15) is 0 Å². The maximum atomic E-state index is 12.5. The van der Waals surface area contributed by atoms with Gasteiger partial charge < -0.3 is 14.9 Å². The number of thiophene rings is 1. The van der Waals surface area contributed by atoms with Gasteiger partial charge in [0.05, 0.1) is 10.4 Å². The van der Waals surface area contributed by atoms with Crippen LogP contribution >= 0.6 is 11.3 Å². The van der Waals surface area contributed by atoms with Crippen LogP contribution < -0.4 is 0 Å². The zero-order chi connectivity index (χ0) is 15.0. The zero-order valence-electron chi connectivity index (χ0n) is 12.3. The van der Waals surface area contributed by atoms with Crippen LogP contribution in [0.5, 0.6) is 0 Å². The van der Waals surface area contributed by atoms with E-state index in [-0.39, 0.29) is 12.5 Å². The highest BCUT2D eigenvalue weighted by Crippen LogP contribution is 2.15. The molecule has 0 aromatic carbocycles. The highest BCUT2D eigenvalue weighted by atomic mass is 32.1. The van der Waals surface area contributed by atoms with Gasteiger partial charge in [-0.1, -0.05) is 18.8 Å². The van der Waals surface area contributed by atoms with Gasteiger partial charge >= 0.3 is 0 Å². The van der Waals surface area contributed by atoms with Crippen LogP contribution in [0.15, 0.2) is 11.4 Å². The van der Waals surface area contributed by atoms with Gasteiger partial charge in [0.2, 0.25) is 0 Å². The van der Waals surface area contributed by atoms with Crippen molar-refractivity contribution in [2.45, 2.75) is 13.3 Å². The number of carbonyl (C=O) groups excluding carboxylic acids is 1. The maximum Gasteiger partial charge on any atom is 0.254 e. The first-order chi connectivity index (χ1) is 9.58. The van der Waals surface area contributed by atoms with Gasteiger partial charge in [0.1, 0.15) is 6.61 Å². The third kappa shape index (κ3) is 5.33. The number of nitrogens with zero attached hydrogens (tertiary/aromatic N) is 2. The molecule has 1 N–H and O–H groups in total. The van der Waals surface area contributed by atoms with Crippen molar-refractivity contribution in [2.24, 2.45) is 0 Å². The molecule has 1 heterocycles. The number of likely N-dealkylation sites (N-methyl/N-ethyl adjacent to an activating group) is 1. The Balaban J connectivity index is 2.75. The summed E-state index contributed by atoms with van der Waals surface area (Å²) >= 11 is 1.44. The number of hydrogen-bond acceptors (Lipinski definition) is 4. The smallest absolute Gasteiger partial charge is 0.254 e. The molecule has 0 spiro atoms. The first-order valence-corrected chi connectivity index (χ1v) is 7.58. The van der Waals surface area contributed by atoms with E-state index in [1.54, 1.807) is 6.07 Å². The molecule has 1 aromatic heterocycles. The van der Waals surface area contributed by atoms with Crippen molar-refractivity contribution in [3.8, 4) is 11.8 Å². The second-order valence-corrected chi connectivity index (χ2v) is 5.67. The Morgan fingerprint density at radius 2 is 2.10 bits per heavy atom. The SMILES string of the molecule is CCCN(CCN(C)C)C(=O)c1csc(C#CCO)c1. The molecular formula is C15H22N2O2S. The summed E-state index contributed by atoms with van der Waals surface area (Å²) in [6.07, 6.45) is 0.945. The van der Waals surface area contributed by atoms with Crippen LogP contribution in [0.3, 0.4) is 0 Å². The van der Waals surface area contributed by atoms with E-state index in [1.165, 1.54) is 11.3 Å². The molecule has 4 nitrogen and oxygen atoms in total. The number of rotatable bonds is 6. The molecule has 5 heteroatoms. The van der Waals surface area contributed by atoms with E-state index in [2.05, 4.69) is 23.7 Å². The highest BCUT2D eigenvalue weighted by Gasteiger charge is 2.16. The number of aliphatic hydroxyl groups excluding tert-OH is 1. The largest absolute Gasteiger partial charge is 0.384 e. The molecule has 1 amide bonds. The van der Waals surface area contributed by atoms with E-state index < -0.39 is 0 Å². The molecule has 0 atom stereocenters. The first kappa shape index (κ1) is 16.7. The molecule has 0 aliphatic heterocycles. The van der Waals surface area contributed by atoms with Crippen molar-refractivity contribution < 1.29 is 9.90 Å². The standard InChI is InChI=1S/C15H22N2O2S/c1-4-7-17(9-8-16(2)3)15(19)13-11-14(20-12-13)6-5-10-18/h11-12,18H,4,7-10H2,1-3H3. The zero-order valence-corrected chi connectivity index (χ0v) is 13.2. The minimum absolute atomic E-state index is 0.0574. The van der Waals surface area contributed by atoms with E-state index in [0.29, 0.717) is 5.56 Å². The van der Waals surface area contributed by atoms with Gasteiger partial charge in [0, 0.05) is 25.0 Å². The summed E-state index contributed by atoms with van der Waals surface area (Å²) < 4.78 is 0. The quantitative estimate of drug-likeness (QED) is 0.809. The van der Waals surface area contributed by atoms with E-state index in [1.807, 2.05) is 24.4 Å². The van der Waals surface area contributed by atoms with Gasteiger partial charge in [-0.05, 0) is 26.6 Å². The predicted octanol–water partition coefficient (Wildman–Crippen LogP) is 1.51. The Morgan fingerprint density at radius 1 is 1.35 bits per heavy atom. The van der Waals surface area contributed by atoms with E-state index in [9.17, 15) is 4.79 Å². The molecular weight excluding hydrogens is 272 g/mol. The third-order valence-electron chi connectivity index (χ3n) is 2.73. The van der Waals surface area contributed by atoms with Crippen LogP contribution in [-0.4, -0.2) is 61.2 Å². The van der Waals surface area contributed by atoms with Crippen LogP contribution in [-0.2, 0) is 0 Å². The average molecular weight is 294 g/mol. The Kier molecular flexibility index (Phi) is 7.31. The van der Waals surface area contributed by atoms with Crippen molar-refractivity contribution >= 4 is 17.2 Å². The minimum Gasteiger partial charge on any atom is -0.384 e. The van der Waals surface area contributed by atoms with Crippen molar-refractivity contribution in [3.05, 3.63) is 21.9 Å². The van der Waals surface area contributed by atoms with Crippen molar-refractivity contribution in [2.75, 3.05) is 40.3 Å². The second-order valence-electron chi connectivity index (χ2n) is 4.75. The molecule has 20 heavy (non-hydrogen) atoms. The minimum atomic E-state index is -0.161. The summed E-state index contributed by atoms with van der Waals surface area (Å²) in [7, 11) is 4.00. The lowest BCUT2D eigenvalue weighted by molar-refractivity contribution is 0.0745. The van der Waals surface area contributed by atoms with Crippen LogP contribution in [0.1, 0.15) is 28.6 Å². The van der Waals surface area contributed by atoms with E-state index in [0.717, 1.165) is 30.9 Å². The third-order valence-corrected chi connectivity index (χ3v) is 3.58. The van der Waals surface area contributed by atoms with E-state index in [4.69, 9.17) is 5.11 Å². The molecule has 110 valence electrons. The predicted molar refractivity (Wildman–Crippen MR) is 83.0 cm³/mol. The van der Waals surface area contributed by atoms with Crippen LogP contribution in [0.4, 0.5) is 0 Å². The molecule has 0 saturated heterocycles. The second kappa shape index (κ2) is 8.75. The molecule has 0 aliphatic carbocycles. The fourth-order valence-corrected chi connectivity index (χ4v) is 2.48. The molecule has 0 fully saturated rings. The summed E-state index contributed by atoms with van der Waals surface area (Å²) in [5.41, 5.74) is 0.685. The van der Waals surface area contributed by atoms with Gasteiger partial charge in [-0.25, -0.2) is 0 Å². The molecule has 0 aliphatic rings. The van der Waals surface area contributed by atoms with Gasteiger partial charge in [-0.15, -0.1) is 11.3 Å². The summed E-state index contributed by atoms with van der Waals surface area (Å²) in [6.45, 7) is 4.26. The fraction of sp³-hybridized carbons (Fsp3) is 0.533. The van der Waals surface area contributed by atoms with Crippen molar-refractivity contribution in [1.29, 1.82) is 0 Å². The lowest BCUT2D eigenvalue weighted by atomic mass is 10.2. The summed E-state index contributed by atoms with van der Waals surface area (Å²) in [5.74, 6) is 5.48. The molecule has 0 bridgehead atoms. The lowest BCUT2D eigenvalue weighted by Gasteiger charge is -2.23. The van der Waals surface area contributed by atoms with Gasteiger partial charge in [0.15, 0.2) is 0 Å². The molecule has 0 unspecified atom stereocenters. The summed E-state index contributed by atoms with van der Waals surface area (Å²) in [5, 5.41) is 10.5. The Bertz CT molecular complexity index is 486. The highest BCUT2D eigenvalue weighted by molar-refractivity contribution is 7.10. The Labute approximate surface area is 125 Å². The normalized spacial score (nSPS) is 10.2. The van der Waals surface area contributed by atoms with Crippen LogP contribution in [0.25, 0.3) is 0 Å². The topological polar surface area (TPSA) is 43.8 Å². The average Bonchev–Trinajstić information content (AvgIpc) is 2.89. The van der Waals surface area contributed by atoms with Crippen molar-refractivity contribution in [3.63, 3.8) is 0 Å².